The number of allylic oxidation sites excluding steroid dienone is 3. The molecule has 0 radical (unpaired) electrons. The zero-order chi connectivity index (χ0) is 10.7. The Morgan fingerprint density at radius 2 is 2.14 bits per heavy atom. The van der Waals surface area contributed by atoms with E-state index in [0.29, 0.717) is 6.04 Å². The molecule has 1 heterocycles. The molecule has 0 atom stereocenters. The van der Waals surface area contributed by atoms with Crippen LogP contribution in [-0.4, -0.2) is 17.5 Å². The molecule has 0 spiro atoms. The van der Waals surface area contributed by atoms with Crippen LogP contribution in [0.3, 0.4) is 0 Å². The number of likely N-dealkylation sites (tertiary alicyclic amines) is 1. The van der Waals surface area contributed by atoms with Gasteiger partial charge in [0.2, 0.25) is 0 Å². The highest BCUT2D eigenvalue weighted by Gasteiger charge is 2.25. The molecule has 0 aromatic heterocycles. The summed E-state index contributed by atoms with van der Waals surface area (Å²) in [5.74, 6) is 0. The first-order chi connectivity index (χ1) is 6.61. The van der Waals surface area contributed by atoms with Gasteiger partial charge in [0.1, 0.15) is 0 Å². The van der Waals surface area contributed by atoms with Crippen LogP contribution in [0.5, 0.6) is 0 Å². The summed E-state index contributed by atoms with van der Waals surface area (Å²) in [4.78, 5) is 2.36. The normalized spacial score (nSPS) is 23.2. The molecule has 0 aromatic carbocycles. The third kappa shape index (κ3) is 1.92. The number of hydrogen-bond donors (Lipinski definition) is 0. The monoisotopic (exact) mass is 191 g/mol. The van der Waals surface area contributed by atoms with Crippen LogP contribution >= 0.6 is 0 Å². The van der Waals surface area contributed by atoms with Crippen molar-refractivity contribution in [2.45, 2.75) is 40.2 Å². The summed E-state index contributed by atoms with van der Waals surface area (Å²) in [5, 5.41) is 0. The molecule has 1 rings (SSSR count). The molecule has 1 aliphatic rings. The number of hydrogen-bond acceptors (Lipinski definition) is 1. The maximum absolute atomic E-state index is 4.17. The summed E-state index contributed by atoms with van der Waals surface area (Å²) in [6.07, 6.45) is 5.56. The minimum absolute atomic E-state index is 0.542. The highest BCUT2D eigenvalue weighted by atomic mass is 15.2. The minimum Gasteiger partial charge on any atom is -0.365 e. The van der Waals surface area contributed by atoms with Crippen LogP contribution in [0.25, 0.3) is 0 Å². The van der Waals surface area contributed by atoms with Gasteiger partial charge in [-0.25, -0.2) is 0 Å². The molecule has 1 nitrogen and oxygen atoms in total. The van der Waals surface area contributed by atoms with Crippen LogP contribution in [0.2, 0.25) is 0 Å². The summed E-state index contributed by atoms with van der Waals surface area (Å²) in [6, 6.07) is 0.542. The van der Waals surface area contributed by atoms with Gasteiger partial charge in [-0.05, 0) is 38.3 Å². The summed E-state index contributed by atoms with van der Waals surface area (Å²) in [5.41, 5.74) is 3.96. The Labute approximate surface area is 87.8 Å². The largest absolute Gasteiger partial charge is 0.365 e. The number of rotatable bonds is 2. The fourth-order valence-electron chi connectivity index (χ4n) is 1.90. The summed E-state index contributed by atoms with van der Waals surface area (Å²) >= 11 is 0. The highest BCUT2D eigenvalue weighted by Crippen LogP contribution is 2.32. The standard InChI is InChI=1S/C13H21N/c1-6-8-13-11(5)14(10(3)4)9-12(13)7-2/h7-8,10H,5-6,9H2,1-4H3/b12-7-,13-8-. The average molecular weight is 191 g/mol. The van der Waals surface area contributed by atoms with Crippen molar-refractivity contribution in [2.24, 2.45) is 0 Å². The second-order valence-corrected chi connectivity index (χ2v) is 4.01. The van der Waals surface area contributed by atoms with E-state index < -0.39 is 0 Å². The molecule has 0 amide bonds. The van der Waals surface area contributed by atoms with Crippen LogP contribution in [-0.2, 0) is 0 Å². The third-order valence-electron chi connectivity index (χ3n) is 2.72. The molecular weight excluding hydrogens is 170 g/mol. The van der Waals surface area contributed by atoms with Gasteiger partial charge in [0.05, 0.1) is 0 Å². The van der Waals surface area contributed by atoms with Gasteiger partial charge in [-0.3, -0.25) is 0 Å². The molecule has 1 saturated heterocycles. The van der Waals surface area contributed by atoms with E-state index in [1.807, 2.05) is 0 Å². The van der Waals surface area contributed by atoms with Gasteiger partial charge in [0.15, 0.2) is 0 Å². The third-order valence-corrected chi connectivity index (χ3v) is 2.72. The summed E-state index contributed by atoms with van der Waals surface area (Å²) < 4.78 is 0. The first kappa shape index (κ1) is 11.1. The molecule has 1 aliphatic heterocycles. The first-order valence-corrected chi connectivity index (χ1v) is 5.43. The van der Waals surface area contributed by atoms with E-state index >= 15 is 0 Å². The lowest BCUT2D eigenvalue weighted by Crippen LogP contribution is -2.25. The summed E-state index contributed by atoms with van der Waals surface area (Å²) in [6.45, 7) is 13.9. The van der Waals surface area contributed by atoms with Crippen LogP contribution in [0.1, 0.15) is 34.1 Å². The molecule has 0 aliphatic carbocycles. The van der Waals surface area contributed by atoms with Gasteiger partial charge < -0.3 is 4.90 Å². The van der Waals surface area contributed by atoms with Gasteiger partial charge in [0, 0.05) is 18.3 Å². The van der Waals surface area contributed by atoms with Gasteiger partial charge in [-0.1, -0.05) is 25.7 Å². The van der Waals surface area contributed by atoms with Gasteiger partial charge in [0.25, 0.3) is 0 Å². The first-order valence-electron chi connectivity index (χ1n) is 5.43. The average Bonchev–Trinajstić information content (AvgIpc) is 2.45. The maximum Gasteiger partial charge on any atom is 0.0435 e. The molecule has 14 heavy (non-hydrogen) atoms. The highest BCUT2D eigenvalue weighted by molar-refractivity contribution is 5.50. The van der Waals surface area contributed by atoms with Crippen molar-refractivity contribution in [2.75, 3.05) is 6.54 Å². The Balaban J connectivity index is 2.98. The van der Waals surface area contributed by atoms with Crippen molar-refractivity contribution in [3.63, 3.8) is 0 Å². The van der Waals surface area contributed by atoms with E-state index in [-0.39, 0.29) is 0 Å². The SMILES string of the molecule is C=C1C(=C/CC)/C(=C\C)CN1C(C)C. The molecule has 0 bridgehead atoms. The lowest BCUT2D eigenvalue weighted by Gasteiger charge is -2.23. The van der Waals surface area contributed by atoms with Crippen molar-refractivity contribution >= 4 is 0 Å². The topological polar surface area (TPSA) is 3.24 Å². The fraction of sp³-hybridized carbons (Fsp3) is 0.538. The summed E-state index contributed by atoms with van der Waals surface area (Å²) in [7, 11) is 0. The van der Waals surface area contributed by atoms with E-state index in [9.17, 15) is 0 Å². The zero-order valence-electron chi connectivity index (χ0n) is 9.80. The van der Waals surface area contributed by atoms with Crippen LogP contribution < -0.4 is 0 Å². The predicted molar refractivity (Wildman–Crippen MR) is 63.1 cm³/mol. The quantitative estimate of drug-likeness (QED) is 0.645. The Morgan fingerprint density at radius 1 is 1.50 bits per heavy atom. The van der Waals surface area contributed by atoms with Gasteiger partial charge in [-0.15, -0.1) is 0 Å². The second-order valence-electron chi connectivity index (χ2n) is 4.01. The van der Waals surface area contributed by atoms with Gasteiger partial charge >= 0.3 is 0 Å². The minimum atomic E-state index is 0.542. The van der Waals surface area contributed by atoms with Crippen molar-refractivity contribution in [1.82, 2.24) is 4.90 Å². The maximum atomic E-state index is 4.17. The Morgan fingerprint density at radius 3 is 2.57 bits per heavy atom. The molecule has 0 N–H and O–H groups in total. The van der Waals surface area contributed by atoms with Crippen molar-refractivity contribution < 1.29 is 0 Å². The Hall–Kier alpha value is -0.980. The van der Waals surface area contributed by atoms with Crippen molar-refractivity contribution in [1.29, 1.82) is 0 Å². The molecule has 0 saturated carbocycles. The van der Waals surface area contributed by atoms with Crippen molar-refractivity contribution in [3.05, 3.63) is 35.6 Å². The molecule has 0 unspecified atom stereocenters. The molecular formula is C13H21N. The van der Waals surface area contributed by atoms with E-state index in [0.717, 1.165) is 13.0 Å². The van der Waals surface area contributed by atoms with E-state index in [1.54, 1.807) is 0 Å². The molecule has 78 valence electrons. The Kier molecular flexibility index (Phi) is 3.56. The van der Waals surface area contributed by atoms with Gasteiger partial charge in [-0.2, -0.15) is 0 Å². The molecule has 0 aromatic rings. The van der Waals surface area contributed by atoms with Crippen LogP contribution in [0, 0.1) is 0 Å². The van der Waals surface area contributed by atoms with Crippen molar-refractivity contribution in [3.8, 4) is 0 Å². The van der Waals surface area contributed by atoms with E-state index in [4.69, 9.17) is 0 Å². The van der Waals surface area contributed by atoms with E-state index in [1.165, 1.54) is 16.8 Å². The van der Waals surface area contributed by atoms with Crippen LogP contribution in [0.15, 0.2) is 35.6 Å². The smallest absolute Gasteiger partial charge is 0.0435 e. The predicted octanol–water partition coefficient (Wildman–Crippen LogP) is 3.51. The zero-order valence-corrected chi connectivity index (χ0v) is 9.80. The lowest BCUT2D eigenvalue weighted by molar-refractivity contribution is 0.337. The fourth-order valence-corrected chi connectivity index (χ4v) is 1.90. The van der Waals surface area contributed by atoms with E-state index in [2.05, 4.69) is 51.3 Å². The Bertz CT molecular complexity index is 282. The number of nitrogens with zero attached hydrogens (tertiary/aromatic N) is 1. The van der Waals surface area contributed by atoms with Crippen LogP contribution in [0.4, 0.5) is 0 Å². The molecule has 1 heteroatoms. The molecule has 1 fully saturated rings. The second kappa shape index (κ2) is 4.50. The lowest BCUT2D eigenvalue weighted by atomic mass is 10.1.